The van der Waals surface area contributed by atoms with Crippen molar-refractivity contribution in [2.24, 2.45) is 7.05 Å². The van der Waals surface area contributed by atoms with Gasteiger partial charge in [0.15, 0.2) is 0 Å². The van der Waals surface area contributed by atoms with Crippen molar-refractivity contribution in [3.63, 3.8) is 0 Å². The van der Waals surface area contributed by atoms with Gasteiger partial charge in [-0.2, -0.15) is 0 Å². The molecule has 3 rings (SSSR count). The Hall–Kier alpha value is -1.28. The molecule has 2 aromatic rings. The van der Waals surface area contributed by atoms with E-state index >= 15 is 0 Å². The summed E-state index contributed by atoms with van der Waals surface area (Å²) in [7, 11) is 2.19. The van der Waals surface area contributed by atoms with Gasteiger partial charge in [-0.15, -0.1) is 0 Å². The van der Waals surface area contributed by atoms with Gasteiger partial charge in [0.05, 0.1) is 0 Å². The highest BCUT2D eigenvalue weighted by atomic mass is 15.0. The molecule has 1 aromatic heterocycles. The van der Waals surface area contributed by atoms with Crippen LogP contribution in [0.5, 0.6) is 0 Å². The summed E-state index contributed by atoms with van der Waals surface area (Å²) in [4.78, 5) is 0. The first-order valence-electron chi connectivity index (χ1n) is 6.86. The van der Waals surface area contributed by atoms with Crippen molar-refractivity contribution < 1.29 is 0 Å². The van der Waals surface area contributed by atoms with Crippen LogP contribution in [-0.4, -0.2) is 11.1 Å². The minimum absolute atomic E-state index is 0.222. The van der Waals surface area contributed by atoms with Crippen LogP contribution in [0.15, 0.2) is 18.2 Å². The average Bonchev–Trinajstić information content (AvgIpc) is 2.63. The number of hydrogen-bond donors (Lipinski definition) is 1. The first kappa shape index (κ1) is 11.8. The van der Waals surface area contributed by atoms with E-state index in [0.29, 0.717) is 0 Å². The van der Waals surface area contributed by atoms with E-state index in [2.05, 4.69) is 55.9 Å². The molecule has 0 unspecified atom stereocenters. The molecule has 0 aliphatic carbocycles. The van der Waals surface area contributed by atoms with Gasteiger partial charge in [0.2, 0.25) is 0 Å². The molecule has 0 saturated carbocycles. The monoisotopic (exact) mass is 242 g/mol. The third kappa shape index (κ3) is 1.52. The van der Waals surface area contributed by atoms with Gasteiger partial charge >= 0.3 is 0 Å². The normalized spacial score (nSPS) is 18.0. The maximum absolute atomic E-state index is 3.54. The van der Waals surface area contributed by atoms with Gasteiger partial charge in [-0.3, -0.25) is 0 Å². The second-order valence-electron chi connectivity index (χ2n) is 6.07. The maximum atomic E-state index is 3.54. The van der Waals surface area contributed by atoms with Crippen LogP contribution in [0.25, 0.3) is 10.9 Å². The molecular formula is C16H22N2. The zero-order valence-corrected chi connectivity index (χ0v) is 11.8. The summed E-state index contributed by atoms with van der Waals surface area (Å²) < 4.78 is 2.36. The topological polar surface area (TPSA) is 17.0 Å². The predicted octanol–water partition coefficient (Wildman–Crippen LogP) is 3.12. The van der Waals surface area contributed by atoms with E-state index in [1.54, 1.807) is 5.56 Å². The lowest BCUT2D eigenvalue weighted by Gasteiger charge is -2.31. The SMILES string of the molecule is CCc1ccc2c(c1)c1c(n2C)CNCC1(C)C. The molecule has 0 radical (unpaired) electrons. The van der Waals surface area contributed by atoms with Gasteiger partial charge in [0, 0.05) is 42.1 Å². The lowest BCUT2D eigenvalue weighted by atomic mass is 9.80. The summed E-state index contributed by atoms with van der Waals surface area (Å²) in [5.41, 5.74) is 6.03. The first-order valence-corrected chi connectivity index (χ1v) is 6.86. The minimum atomic E-state index is 0.222. The second kappa shape index (κ2) is 3.86. The van der Waals surface area contributed by atoms with Crippen LogP contribution < -0.4 is 5.32 Å². The summed E-state index contributed by atoms with van der Waals surface area (Å²) >= 11 is 0. The standard InChI is InChI=1S/C16H22N2/c1-5-11-6-7-13-12(8-11)15-14(18(13)4)9-17-10-16(15,2)3/h6-8,17H,5,9-10H2,1-4H3. The Labute approximate surface area is 109 Å². The third-order valence-electron chi connectivity index (χ3n) is 4.33. The fourth-order valence-electron chi connectivity index (χ4n) is 3.31. The Kier molecular flexibility index (Phi) is 2.53. The van der Waals surface area contributed by atoms with Gasteiger partial charge in [-0.25, -0.2) is 0 Å². The molecule has 0 atom stereocenters. The van der Waals surface area contributed by atoms with Gasteiger partial charge in [-0.1, -0.05) is 26.8 Å². The van der Waals surface area contributed by atoms with Crippen molar-refractivity contribution in [1.82, 2.24) is 9.88 Å². The zero-order valence-electron chi connectivity index (χ0n) is 11.8. The minimum Gasteiger partial charge on any atom is -0.346 e. The van der Waals surface area contributed by atoms with Crippen molar-refractivity contribution in [1.29, 1.82) is 0 Å². The molecule has 0 bridgehead atoms. The fourth-order valence-corrected chi connectivity index (χ4v) is 3.31. The maximum Gasteiger partial charge on any atom is 0.0483 e. The van der Waals surface area contributed by atoms with Crippen LogP contribution in [0.4, 0.5) is 0 Å². The number of fused-ring (bicyclic) bond motifs is 3. The highest BCUT2D eigenvalue weighted by Crippen LogP contribution is 2.37. The molecule has 18 heavy (non-hydrogen) atoms. The van der Waals surface area contributed by atoms with Crippen LogP contribution in [0, 0.1) is 0 Å². The van der Waals surface area contributed by atoms with Gasteiger partial charge in [0.25, 0.3) is 0 Å². The molecule has 1 N–H and O–H groups in total. The Morgan fingerprint density at radius 2 is 2.11 bits per heavy atom. The number of aryl methyl sites for hydroxylation is 2. The van der Waals surface area contributed by atoms with Crippen molar-refractivity contribution in [3.8, 4) is 0 Å². The number of rotatable bonds is 1. The molecule has 0 amide bonds. The lowest BCUT2D eigenvalue weighted by molar-refractivity contribution is 0.429. The molecule has 2 nitrogen and oxygen atoms in total. The van der Waals surface area contributed by atoms with E-state index in [1.807, 2.05) is 0 Å². The molecule has 0 spiro atoms. The van der Waals surface area contributed by atoms with E-state index in [0.717, 1.165) is 19.5 Å². The van der Waals surface area contributed by atoms with E-state index < -0.39 is 0 Å². The molecule has 1 aromatic carbocycles. The van der Waals surface area contributed by atoms with Crippen LogP contribution in [0.1, 0.15) is 37.6 Å². The molecule has 96 valence electrons. The number of aromatic nitrogens is 1. The Morgan fingerprint density at radius 1 is 1.33 bits per heavy atom. The largest absolute Gasteiger partial charge is 0.346 e. The fraction of sp³-hybridized carbons (Fsp3) is 0.500. The summed E-state index contributed by atoms with van der Waals surface area (Å²) in [6.45, 7) is 8.97. The van der Waals surface area contributed by atoms with Crippen LogP contribution in [-0.2, 0) is 25.4 Å². The molecule has 0 saturated heterocycles. The predicted molar refractivity (Wildman–Crippen MR) is 77.0 cm³/mol. The molecule has 1 aliphatic rings. The van der Waals surface area contributed by atoms with Crippen molar-refractivity contribution in [3.05, 3.63) is 35.0 Å². The number of nitrogens with one attached hydrogen (secondary N) is 1. The highest BCUT2D eigenvalue weighted by Gasteiger charge is 2.32. The van der Waals surface area contributed by atoms with E-state index in [-0.39, 0.29) is 5.41 Å². The zero-order chi connectivity index (χ0) is 12.9. The third-order valence-corrected chi connectivity index (χ3v) is 4.33. The van der Waals surface area contributed by atoms with Crippen LogP contribution >= 0.6 is 0 Å². The van der Waals surface area contributed by atoms with Gasteiger partial charge in [0.1, 0.15) is 0 Å². The summed E-state index contributed by atoms with van der Waals surface area (Å²) in [6, 6.07) is 6.93. The number of hydrogen-bond acceptors (Lipinski definition) is 1. The average molecular weight is 242 g/mol. The lowest BCUT2D eigenvalue weighted by Crippen LogP contribution is -2.38. The number of benzene rings is 1. The Bertz CT molecular complexity index is 605. The van der Waals surface area contributed by atoms with Crippen LogP contribution in [0.2, 0.25) is 0 Å². The Balaban J connectivity index is 2.38. The van der Waals surface area contributed by atoms with E-state index in [1.165, 1.54) is 22.2 Å². The molecular weight excluding hydrogens is 220 g/mol. The molecule has 2 heterocycles. The number of nitrogens with zero attached hydrogens (tertiary/aromatic N) is 1. The van der Waals surface area contributed by atoms with Gasteiger partial charge in [-0.05, 0) is 29.7 Å². The summed E-state index contributed by atoms with van der Waals surface area (Å²) in [5, 5.41) is 5.00. The summed E-state index contributed by atoms with van der Waals surface area (Å²) in [5.74, 6) is 0. The van der Waals surface area contributed by atoms with Crippen LogP contribution in [0.3, 0.4) is 0 Å². The quantitative estimate of drug-likeness (QED) is 0.813. The molecule has 0 fully saturated rings. The smallest absolute Gasteiger partial charge is 0.0483 e. The van der Waals surface area contributed by atoms with Crippen molar-refractivity contribution in [2.75, 3.05) is 6.54 Å². The second-order valence-corrected chi connectivity index (χ2v) is 6.07. The molecule has 1 aliphatic heterocycles. The van der Waals surface area contributed by atoms with E-state index in [4.69, 9.17) is 0 Å². The van der Waals surface area contributed by atoms with Crippen molar-refractivity contribution in [2.45, 2.75) is 39.2 Å². The molecule has 2 heteroatoms. The first-order chi connectivity index (χ1) is 8.54. The Morgan fingerprint density at radius 3 is 2.83 bits per heavy atom. The van der Waals surface area contributed by atoms with E-state index in [9.17, 15) is 0 Å². The highest BCUT2D eigenvalue weighted by molar-refractivity contribution is 5.87. The van der Waals surface area contributed by atoms with Crippen molar-refractivity contribution >= 4 is 10.9 Å². The van der Waals surface area contributed by atoms with Gasteiger partial charge < -0.3 is 9.88 Å². The summed E-state index contributed by atoms with van der Waals surface area (Å²) in [6.07, 6.45) is 1.11.